The Labute approximate surface area is 101 Å². The number of amides is 1. The highest BCUT2D eigenvalue weighted by molar-refractivity contribution is 14.1. The summed E-state index contributed by atoms with van der Waals surface area (Å²) in [5, 5.41) is 1.81. The van der Waals surface area contributed by atoms with Gasteiger partial charge in [-0.2, -0.15) is 0 Å². The predicted molar refractivity (Wildman–Crippen MR) is 63.3 cm³/mol. The summed E-state index contributed by atoms with van der Waals surface area (Å²) in [7, 11) is 3.00. The van der Waals surface area contributed by atoms with Crippen molar-refractivity contribution in [1.29, 1.82) is 0 Å². The van der Waals surface area contributed by atoms with E-state index in [1.807, 2.05) is 0 Å². The van der Waals surface area contributed by atoms with E-state index < -0.39 is 0 Å². The van der Waals surface area contributed by atoms with Gasteiger partial charge >= 0.3 is 0 Å². The molecule has 0 atom stereocenters. The molecule has 0 aliphatic carbocycles. The molecule has 1 aromatic rings. The van der Waals surface area contributed by atoms with Gasteiger partial charge in [0.25, 0.3) is 5.91 Å². The topological polar surface area (TPSA) is 29.5 Å². The Balaban J connectivity index is 2.97. The fraction of sp³-hybridized carbons (Fsp3) is 0.222. The van der Waals surface area contributed by atoms with Gasteiger partial charge in [-0.25, -0.2) is 5.06 Å². The molecular weight excluding hydrogens is 316 g/mol. The van der Waals surface area contributed by atoms with Gasteiger partial charge in [0.05, 0.1) is 12.1 Å². The first-order valence-electron chi connectivity index (χ1n) is 3.83. The van der Waals surface area contributed by atoms with Crippen LogP contribution in [0, 0.1) is 3.57 Å². The summed E-state index contributed by atoms with van der Waals surface area (Å²) in [4.78, 5) is 16.4. The molecule has 0 aliphatic rings. The minimum Gasteiger partial charge on any atom is -0.274 e. The smallest absolute Gasteiger partial charge is 0.274 e. The molecule has 0 N–H and O–H groups in total. The molecule has 1 rings (SSSR count). The molecule has 0 radical (unpaired) electrons. The molecule has 14 heavy (non-hydrogen) atoms. The average molecular weight is 326 g/mol. The molecule has 0 saturated heterocycles. The Morgan fingerprint density at radius 3 is 2.71 bits per heavy atom. The third kappa shape index (κ3) is 2.59. The van der Waals surface area contributed by atoms with Crippen molar-refractivity contribution in [2.75, 3.05) is 14.2 Å². The number of carbonyl (C=O) groups is 1. The van der Waals surface area contributed by atoms with E-state index in [1.54, 1.807) is 25.2 Å². The van der Waals surface area contributed by atoms with Crippen molar-refractivity contribution in [1.82, 2.24) is 5.06 Å². The molecule has 0 aromatic heterocycles. The Morgan fingerprint density at radius 2 is 2.21 bits per heavy atom. The van der Waals surface area contributed by atoms with Crippen molar-refractivity contribution in [3.8, 4) is 0 Å². The first kappa shape index (κ1) is 11.7. The summed E-state index contributed by atoms with van der Waals surface area (Å²) in [6.45, 7) is 0. The number of hydroxylamine groups is 2. The zero-order valence-corrected chi connectivity index (χ0v) is 10.7. The molecule has 0 spiro atoms. The van der Waals surface area contributed by atoms with Crippen LogP contribution in [-0.2, 0) is 4.84 Å². The zero-order chi connectivity index (χ0) is 10.7. The monoisotopic (exact) mass is 325 g/mol. The van der Waals surface area contributed by atoms with Gasteiger partial charge in [0.2, 0.25) is 0 Å². The summed E-state index contributed by atoms with van der Waals surface area (Å²) >= 11 is 7.91. The van der Waals surface area contributed by atoms with Crippen molar-refractivity contribution < 1.29 is 9.63 Å². The minimum absolute atomic E-state index is 0.193. The highest BCUT2D eigenvalue weighted by Gasteiger charge is 2.11. The van der Waals surface area contributed by atoms with E-state index in [9.17, 15) is 4.79 Å². The lowest BCUT2D eigenvalue weighted by atomic mass is 10.2. The first-order chi connectivity index (χ1) is 6.56. The molecule has 0 saturated carbocycles. The second-order valence-corrected chi connectivity index (χ2v) is 4.18. The Hall–Kier alpha value is -0.330. The van der Waals surface area contributed by atoms with Crippen LogP contribution in [-0.4, -0.2) is 25.1 Å². The maximum atomic E-state index is 11.6. The number of benzene rings is 1. The van der Waals surface area contributed by atoms with Crippen LogP contribution in [0.5, 0.6) is 0 Å². The van der Waals surface area contributed by atoms with E-state index in [4.69, 9.17) is 16.4 Å². The Bertz CT molecular complexity index is 357. The van der Waals surface area contributed by atoms with E-state index in [1.165, 1.54) is 12.2 Å². The summed E-state index contributed by atoms with van der Waals surface area (Å²) < 4.78 is 0.847. The van der Waals surface area contributed by atoms with E-state index in [-0.39, 0.29) is 5.91 Å². The number of nitrogens with zero attached hydrogens (tertiary/aromatic N) is 1. The molecule has 0 unspecified atom stereocenters. The first-order valence-corrected chi connectivity index (χ1v) is 5.29. The Kier molecular flexibility index (Phi) is 4.15. The van der Waals surface area contributed by atoms with Gasteiger partial charge in [-0.1, -0.05) is 11.6 Å². The molecule has 3 nitrogen and oxygen atoms in total. The molecule has 1 aromatic carbocycles. The molecule has 5 heteroatoms. The molecule has 76 valence electrons. The van der Waals surface area contributed by atoms with Gasteiger partial charge in [-0.05, 0) is 40.8 Å². The van der Waals surface area contributed by atoms with Crippen LogP contribution >= 0.6 is 34.2 Å². The molecule has 0 fully saturated rings. The van der Waals surface area contributed by atoms with Gasteiger partial charge < -0.3 is 0 Å². The van der Waals surface area contributed by atoms with Crippen LogP contribution in [0.1, 0.15) is 10.4 Å². The lowest BCUT2D eigenvalue weighted by Gasteiger charge is -2.13. The van der Waals surface area contributed by atoms with Crippen molar-refractivity contribution in [2.45, 2.75) is 0 Å². The van der Waals surface area contributed by atoms with E-state index >= 15 is 0 Å². The normalized spacial score (nSPS) is 10.0. The van der Waals surface area contributed by atoms with Crippen LogP contribution in [0.4, 0.5) is 0 Å². The van der Waals surface area contributed by atoms with Gasteiger partial charge in [-0.3, -0.25) is 9.63 Å². The lowest BCUT2D eigenvalue weighted by molar-refractivity contribution is -0.0757. The van der Waals surface area contributed by atoms with Crippen molar-refractivity contribution in [3.63, 3.8) is 0 Å². The summed E-state index contributed by atoms with van der Waals surface area (Å²) in [5.41, 5.74) is 0.558. The second-order valence-electron chi connectivity index (χ2n) is 2.61. The van der Waals surface area contributed by atoms with E-state index in [0.29, 0.717) is 10.6 Å². The van der Waals surface area contributed by atoms with Crippen LogP contribution in [0.15, 0.2) is 18.2 Å². The maximum Gasteiger partial charge on any atom is 0.277 e. The molecule has 1 amide bonds. The molecule has 0 heterocycles. The van der Waals surface area contributed by atoms with Gasteiger partial charge in [0, 0.05) is 16.2 Å². The third-order valence-corrected chi connectivity index (χ3v) is 3.27. The van der Waals surface area contributed by atoms with E-state index in [0.717, 1.165) is 3.57 Å². The fourth-order valence-electron chi connectivity index (χ4n) is 0.894. The third-order valence-electron chi connectivity index (χ3n) is 1.73. The van der Waals surface area contributed by atoms with Crippen LogP contribution in [0.3, 0.4) is 0 Å². The number of halogens is 2. The van der Waals surface area contributed by atoms with Crippen LogP contribution in [0.25, 0.3) is 0 Å². The Morgan fingerprint density at radius 1 is 1.57 bits per heavy atom. The molecule has 0 bridgehead atoms. The highest BCUT2D eigenvalue weighted by Crippen LogP contribution is 2.19. The number of hydrogen-bond donors (Lipinski definition) is 0. The predicted octanol–water partition coefficient (Wildman–Crippen LogP) is 2.58. The summed E-state index contributed by atoms with van der Waals surface area (Å²) in [6, 6.07) is 5.09. The van der Waals surface area contributed by atoms with Gasteiger partial charge in [0.1, 0.15) is 0 Å². The van der Waals surface area contributed by atoms with Gasteiger partial charge in [0.15, 0.2) is 0 Å². The molecule has 0 aliphatic heterocycles. The number of carbonyl (C=O) groups excluding carboxylic acids is 1. The van der Waals surface area contributed by atoms with Crippen molar-refractivity contribution >= 4 is 40.1 Å². The van der Waals surface area contributed by atoms with Crippen molar-refractivity contribution in [3.05, 3.63) is 32.4 Å². The zero-order valence-electron chi connectivity index (χ0n) is 7.75. The van der Waals surface area contributed by atoms with E-state index in [2.05, 4.69) is 22.6 Å². The quantitative estimate of drug-likeness (QED) is 0.618. The largest absolute Gasteiger partial charge is 0.277 e. The van der Waals surface area contributed by atoms with Crippen molar-refractivity contribution in [2.24, 2.45) is 0 Å². The van der Waals surface area contributed by atoms with Gasteiger partial charge in [-0.15, -0.1) is 0 Å². The maximum absolute atomic E-state index is 11.6. The number of hydrogen-bond acceptors (Lipinski definition) is 2. The standard InChI is InChI=1S/C9H9ClINO2/c1-12(14-2)9(13)6-3-4-7(10)8(11)5-6/h3-5H,1-2H3. The molecular formula is C9H9ClINO2. The average Bonchev–Trinajstić information content (AvgIpc) is 2.20. The minimum atomic E-state index is -0.193. The van der Waals surface area contributed by atoms with Crippen LogP contribution < -0.4 is 0 Å². The summed E-state index contributed by atoms with van der Waals surface area (Å²) in [6.07, 6.45) is 0. The second kappa shape index (κ2) is 4.95. The highest BCUT2D eigenvalue weighted by atomic mass is 127. The summed E-state index contributed by atoms with van der Waals surface area (Å²) in [5.74, 6) is -0.193. The van der Waals surface area contributed by atoms with Crippen LogP contribution in [0.2, 0.25) is 5.02 Å². The lowest BCUT2D eigenvalue weighted by Crippen LogP contribution is -2.25. The SMILES string of the molecule is CON(C)C(=O)c1ccc(Cl)c(I)c1. The number of rotatable bonds is 2. The fourth-order valence-corrected chi connectivity index (χ4v) is 1.53.